The van der Waals surface area contributed by atoms with E-state index < -0.39 is 11.9 Å². The van der Waals surface area contributed by atoms with Crippen LogP contribution in [-0.4, -0.2) is 22.2 Å². The summed E-state index contributed by atoms with van der Waals surface area (Å²) in [4.78, 5) is 23.5. The maximum Gasteiger partial charge on any atom is 0.337 e. The van der Waals surface area contributed by atoms with Crippen molar-refractivity contribution in [1.29, 1.82) is 10.5 Å². The summed E-state index contributed by atoms with van der Waals surface area (Å²) in [6, 6.07) is 12.5. The van der Waals surface area contributed by atoms with E-state index in [4.69, 9.17) is 20.7 Å². The van der Waals surface area contributed by atoms with Crippen LogP contribution in [-0.2, 0) is 0 Å². The number of hydrogen-bond acceptors (Lipinski definition) is 6. The number of nitrogens with zero attached hydrogens (tertiary/aromatic N) is 2. The van der Waals surface area contributed by atoms with Gasteiger partial charge in [-0.05, 0) is 36.4 Å². The van der Waals surface area contributed by atoms with Crippen LogP contribution in [0.2, 0.25) is 0 Å². The fraction of sp³-hybridized carbons (Fsp3) is 0. The average molecular weight is 356 g/mol. The van der Waals surface area contributed by atoms with Gasteiger partial charge in [0.1, 0.15) is 12.1 Å². The molecule has 0 fully saturated rings. The van der Waals surface area contributed by atoms with Crippen molar-refractivity contribution in [2.45, 2.75) is 9.79 Å². The van der Waals surface area contributed by atoms with E-state index in [1.54, 1.807) is 12.1 Å². The molecule has 0 bridgehead atoms. The monoisotopic (exact) mass is 356 g/mol. The normalized spacial score (nSPS) is 9.75. The van der Waals surface area contributed by atoms with Crippen LogP contribution in [0.4, 0.5) is 0 Å². The van der Waals surface area contributed by atoms with Gasteiger partial charge in [-0.3, -0.25) is 0 Å². The Bertz CT molecular complexity index is 838. The third-order valence-corrected chi connectivity index (χ3v) is 5.30. The summed E-state index contributed by atoms with van der Waals surface area (Å²) in [7, 11) is 2.45. The Morgan fingerprint density at radius 2 is 1.17 bits per heavy atom. The second-order valence-corrected chi connectivity index (χ2v) is 6.69. The first kappa shape index (κ1) is 17.4. The van der Waals surface area contributed by atoms with Crippen molar-refractivity contribution in [1.82, 2.24) is 0 Å². The van der Waals surface area contributed by atoms with Crippen molar-refractivity contribution >= 4 is 33.5 Å². The van der Waals surface area contributed by atoms with Crippen LogP contribution in [0.1, 0.15) is 31.8 Å². The van der Waals surface area contributed by atoms with Gasteiger partial charge >= 0.3 is 11.9 Å². The molecule has 0 aliphatic rings. The van der Waals surface area contributed by atoms with Crippen molar-refractivity contribution < 1.29 is 19.8 Å². The summed E-state index contributed by atoms with van der Waals surface area (Å²) in [6.45, 7) is 0. The van der Waals surface area contributed by atoms with Crippen LogP contribution in [0.15, 0.2) is 46.2 Å². The van der Waals surface area contributed by atoms with E-state index in [0.717, 1.165) is 0 Å². The average Bonchev–Trinajstić information content (AvgIpc) is 2.59. The van der Waals surface area contributed by atoms with Gasteiger partial charge < -0.3 is 10.2 Å². The van der Waals surface area contributed by atoms with Crippen molar-refractivity contribution in [3.8, 4) is 12.1 Å². The number of hydrogen-bond donors (Lipinski definition) is 2. The number of aromatic carboxylic acids is 2. The number of nitriles is 2. The SMILES string of the molecule is N#Cc1ccc(SSc2ccc(C#N)c(C(=O)O)c2)cc1C(=O)O. The topological polar surface area (TPSA) is 122 Å². The highest BCUT2D eigenvalue weighted by molar-refractivity contribution is 8.76. The number of benzene rings is 2. The molecule has 2 rings (SSSR count). The Kier molecular flexibility index (Phi) is 5.48. The highest BCUT2D eigenvalue weighted by Gasteiger charge is 2.13. The zero-order chi connectivity index (χ0) is 17.7. The molecular weight excluding hydrogens is 348 g/mol. The number of carboxylic acid groups (broad SMARTS) is 2. The lowest BCUT2D eigenvalue weighted by molar-refractivity contribution is 0.0685. The van der Waals surface area contributed by atoms with Gasteiger partial charge in [0, 0.05) is 9.79 Å². The van der Waals surface area contributed by atoms with Gasteiger partial charge in [0.15, 0.2) is 0 Å². The van der Waals surface area contributed by atoms with Crippen molar-refractivity contribution in [3.63, 3.8) is 0 Å². The molecule has 0 atom stereocenters. The fourth-order valence-electron chi connectivity index (χ4n) is 1.80. The van der Waals surface area contributed by atoms with E-state index in [1.807, 2.05) is 12.1 Å². The number of rotatable bonds is 5. The van der Waals surface area contributed by atoms with Crippen molar-refractivity contribution in [3.05, 3.63) is 58.7 Å². The Hall–Kier alpha value is -2.94. The zero-order valence-corrected chi connectivity index (χ0v) is 13.5. The quantitative estimate of drug-likeness (QED) is 0.779. The van der Waals surface area contributed by atoms with E-state index in [1.165, 1.54) is 45.9 Å². The molecule has 0 heterocycles. The highest BCUT2D eigenvalue weighted by atomic mass is 33.1. The first-order valence-corrected chi connectivity index (χ1v) is 8.50. The summed E-state index contributed by atoms with van der Waals surface area (Å²) in [5.74, 6) is -2.38. The summed E-state index contributed by atoms with van der Waals surface area (Å²) in [6.07, 6.45) is 0. The summed E-state index contributed by atoms with van der Waals surface area (Å²) >= 11 is 0. The lowest BCUT2D eigenvalue weighted by Gasteiger charge is -2.05. The van der Waals surface area contributed by atoms with Crippen LogP contribution >= 0.6 is 21.6 Å². The van der Waals surface area contributed by atoms with Crippen LogP contribution in [0, 0.1) is 22.7 Å². The van der Waals surface area contributed by atoms with Gasteiger partial charge in [0.25, 0.3) is 0 Å². The van der Waals surface area contributed by atoms with E-state index in [2.05, 4.69) is 0 Å². The highest BCUT2D eigenvalue weighted by Crippen LogP contribution is 2.38. The predicted octanol–water partition coefficient (Wildman–Crippen LogP) is 3.63. The van der Waals surface area contributed by atoms with Crippen molar-refractivity contribution in [2.24, 2.45) is 0 Å². The minimum absolute atomic E-state index is 0.0726. The molecule has 0 aliphatic carbocycles. The smallest absolute Gasteiger partial charge is 0.337 e. The summed E-state index contributed by atoms with van der Waals surface area (Å²) in [5, 5.41) is 36.0. The summed E-state index contributed by atoms with van der Waals surface area (Å²) < 4.78 is 0. The Morgan fingerprint density at radius 3 is 1.46 bits per heavy atom. The molecule has 6 nitrogen and oxygen atoms in total. The zero-order valence-electron chi connectivity index (χ0n) is 11.9. The molecule has 2 N–H and O–H groups in total. The van der Waals surface area contributed by atoms with Gasteiger partial charge in [-0.2, -0.15) is 10.5 Å². The minimum Gasteiger partial charge on any atom is -0.478 e. The third kappa shape index (κ3) is 3.87. The second kappa shape index (κ2) is 7.55. The first-order chi connectivity index (χ1) is 11.5. The molecule has 24 heavy (non-hydrogen) atoms. The molecule has 118 valence electrons. The maximum atomic E-state index is 11.1. The molecule has 0 amide bonds. The van der Waals surface area contributed by atoms with Gasteiger partial charge in [-0.1, -0.05) is 21.6 Å². The molecule has 0 spiro atoms. The maximum absolute atomic E-state index is 11.1. The van der Waals surface area contributed by atoms with Crippen LogP contribution in [0.25, 0.3) is 0 Å². The van der Waals surface area contributed by atoms with E-state index in [0.29, 0.717) is 9.79 Å². The molecule has 8 heteroatoms. The molecule has 0 aliphatic heterocycles. The molecule has 0 radical (unpaired) electrons. The van der Waals surface area contributed by atoms with E-state index >= 15 is 0 Å². The van der Waals surface area contributed by atoms with Gasteiger partial charge in [0.05, 0.1) is 22.3 Å². The Balaban J connectivity index is 2.23. The lowest BCUT2D eigenvalue weighted by Crippen LogP contribution is -2.00. The molecule has 0 unspecified atom stereocenters. The first-order valence-electron chi connectivity index (χ1n) is 6.35. The third-order valence-electron chi connectivity index (χ3n) is 2.92. The Labute approximate surface area is 144 Å². The van der Waals surface area contributed by atoms with E-state index in [9.17, 15) is 9.59 Å². The van der Waals surface area contributed by atoms with Gasteiger partial charge in [0.2, 0.25) is 0 Å². The number of carboxylic acids is 2. The second-order valence-electron chi connectivity index (χ2n) is 4.42. The molecule has 0 saturated carbocycles. The Morgan fingerprint density at radius 1 is 0.792 bits per heavy atom. The van der Waals surface area contributed by atoms with Crippen LogP contribution in [0.5, 0.6) is 0 Å². The van der Waals surface area contributed by atoms with E-state index in [-0.39, 0.29) is 22.3 Å². The van der Waals surface area contributed by atoms with Crippen molar-refractivity contribution in [2.75, 3.05) is 0 Å². The molecule has 2 aromatic rings. The molecule has 2 aromatic carbocycles. The van der Waals surface area contributed by atoms with Crippen LogP contribution < -0.4 is 0 Å². The molecular formula is C16H8N2O4S2. The largest absolute Gasteiger partial charge is 0.478 e. The van der Waals surface area contributed by atoms with Gasteiger partial charge in [-0.15, -0.1) is 0 Å². The standard InChI is InChI=1S/C16H8N2O4S2/c17-7-9-1-3-11(5-13(9)15(19)20)23-24-12-4-2-10(8-18)14(6-12)16(21)22/h1-6H,(H,19,20)(H,21,22). The minimum atomic E-state index is -1.19. The molecule has 0 aromatic heterocycles. The van der Waals surface area contributed by atoms with Crippen LogP contribution in [0.3, 0.4) is 0 Å². The van der Waals surface area contributed by atoms with Gasteiger partial charge in [-0.25, -0.2) is 9.59 Å². The fourth-order valence-corrected chi connectivity index (χ4v) is 3.77. The lowest BCUT2D eigenvalue weighted by atomic mass is 10.1. The number of carbonyl (C=O) groups is 2. The summed E-state index contributed by atoms with van der Waals surface area (Å²) in [5.41, 5.74) is -0.0323. The molecule has 0 saturated heterocycles. The predicted molar refractivity (Wildman–Crippen MR) is 87.9 cm³/mol.